The summed E-state index contributed by atoms with van der Waals surface area (Å²) in [5, 5.41) is 4.01. The number of rotatable bonds is 10. The Balaban J connectivity index is 2.17. The van der Waals surface area contributed by atoms with Crippen LogP contribution >= 0.6 is 0 Å². The predicted octanol–water partition coefficient (Wildman–Crippen LogP) is 8.47. The zero-order valence-electron chi connectivity index (χ0n) is 23.7. The number of fused-ring (bicyclic) bond motifs is 1. The fourth-order valence-electron chi connectivity index (χ4n) is 4.72. The predicted molar refractivity (Wildman–Crippen MR) is 153 cm³/mol. The van der Waals surface area contributed by atoms with Gasteiger partial charge in [0.2, 0.25) is 0 Å². The molecule has 0 amide bonds. The van der Waals surface area contributed by atoms with Crippen molar-refractivity contribution in [3.8, 4) is 0 Å². The number of nitrogens with zero attached hydrogens (tertiary/aromatic N) is 3. The fourth-order valence-corrected chi connectivity index (χ4v) is 4.72. The number of alkyl halides is 2. The molecule has 0 saturated carbocycles. The summed E-state index contributed by atoms with van der Waals surface area (Å²) in [6, 6.07) is 7.56. The van der Waals surface area contributed by atoms with E-state index in [1.54, 1.807) is 13.8 Å². The quantitative estimate of drug-likeness (QED) is 0.270. The molecule has 0 fully saturated rings. The van der Waals surface area contributed by atoms with Crippen molar-refractivity contribution in [2.45, 2.75) is 65.3 Å². The van der Waals surface area contributed by atoms with E-state index in [0.717, 1.165) is 34.7 Å². The van der Waals surface area contributed by atoms with Gasteiger partial charge < -0.3 is 10.2 Å². The first kappa shape index (κ1) is 29.2. The summed E-state index contributed by atoms with van der Waals surface area (Å²) in [5.41, 5.74) is 2.78. The van der Waals surface area contributed by atoms with Crippen LogP contribution in [0.2, 0.25) is 0 Å². The Kier molecular flexibility index (Phi) is 8.30. The Morgan fingerprint density at radius 1 is 1.13 bits per heavy atom. The SMILES string of the molecule is C=CC(C)(C(=C)CC)c1cc2nc(C)nc(N[C@H](C)c3cccc(C(F)(F)C(C)C)c3F)c2cc1N(C)C. The molecule has 0 aliphatic carbocycles. The van der Waals surface area contributed by atoms with Crippen LogP contribution < -0.4 is 10.2 Å². The molecule has 38 heavy (non-hydrogen) atoms. The third-order valence-electron chi connectivity index (χ3n) is 7.47. The number of hydrogen-bond donors (Lipinski definition) is 1. The second-order valence-corrected chi connectivity index (χ2v) is 10.6. The van der Waals surface area contributed by atoms with E-state index in [2.05, 4.69) is 42.3 Å². The van der Waals surface area contributed by atoms with Crippen molar-refractivity contribution < 1.29 is 13.2 Å². The van der Waals surface area contributed by atoms with Crippen LogP contribution in [-0.4, -0.2) is 24.1 Å². The minimum absolute atomic E-state index is 0.148. The molecule has 7 heteroatoms. The molecule has 0 spiro atoms. The van der Waals surface area contributed by atoms with Gasteiger partial charge in [0.1, 0.15) is 17.5 Å². The molecule has 3 rings (SSSR count). The van der Waals surface area contributed by atoms with Gasteiger partial charge in [-0.3, -0.25) is 0 Å². The van der Waals surface area contributed by atoms with E-state index >= 15 is 4.39 Å². The van der Waals surface area contributed by atoms with E-state index in [1.807, 2.05) is 37.2 Å². The van der Waals surface area contributed by atoms with Gasteiger partial charge in [0.25, 0.3) is 5.92 Å². The van der Waals surface area contributed by atoms with Crippen molar-refractivity contribution >= 4 is 22.4 Å². The molecule has 0 bridgehead atoms. The third-order valence-corrected chi connectivity index (χ3v) is 7.47. The summed E-state index contributed by atoms with van der Waals surface area (Å²) < 4.78 is 44.9. The molecule has 1 aromatic heterocycles. The molecule has 0 radical (unpaired) electrons. The van der Waals surface area contributed by atoms with Gasteiger partial charge in [0.15, 0.2) is 0 Å². The molecule has 0 aliphatic rings. The van der Waals surface area contributed by atoms with E-state index in [4.69, 9.17) is 0 Å². The summed E-state index contributed by atoms with van der Waals surface area (Å²) in [4.78, 5) is 11.3. The van der Waals surface area contributed by atoms with Crippen LogP contribution in [0, 0.1) is 18.7 Å². The van der Waals surface area contributed by atoms with Gasteiger partial charge in [0.05, 0.1) is 17.1 Å². The van der Waals surface area contributed by atoms with E-state index < -0.39 is 34.7 Å². The van der Waals surface area contributed by atoms with Crippen molar-refractivity contribution in [2.75, 3.05) is 24.3 Å². The molecule has 1 heterocycles. The van der Waals surface area contributed by atoms with Crippen molar-refractivity contribution in [3.05, 3.63) is 83.5 Å². The number of aromatic nitrogens is 2. The first-order valence-corrected chi connectivity index (χ1v) is 12.9. The van der Waals surface area contributed by atoms with Gasteiger partial charge in [-0.05, 0) is 44.9 Å². The normalized spacial score (nSPS) is 14.3. The standard InChI is InChI=1S/C31H39F3N4/c1-11-19(5)30(8,12-2)25-17-26-23(16-27(25)38(9)10)29(37-21(7)36-26)35-20(6)22-14-13-15-24(28(22)32)31(33,34)18(3)4/h12-18,20H,2,5,11H2,1,3-4,6-10H3,(H,35,36,37)/t20-,30?/m1/s1. The van der Waals surface area contributed by atoms with Crippen LogP contribution in [0.25, 0.3) is 10.9 Å². The smallest absolute Gasteiger partial charge is 0.278 e. The Morgan fingerprint density at radius 3 is 2.34 bits per heavy atom. The number of allylic oxidation sites excluding steroid dienone is 2. The number of anilines is 2. The lowest BCUT2D eigenvalue weighted by Gasteiger charge is -2.33. The summed E-state index contributed by atoms with van der Waals surface area (Å²) in [6.07, 6.45) is 2.70. The molecule has 0 saturated heterocycles. The molecule has 4 nitrogen and oxygen atoms in total. The summed E-state index contributed by atoms with van der Waals surface area (Å²) >= 11 is 0. The Hall–Kier alpha value is -3.35. The fraction of sp³-hybridized carbons (Fsp3) is 0.419. The molecular weight excluding hydrogens is 485 g/mol. The Morgan fingerprint density at radius 2 is 1.79 bits per heavy atom. The Labute approximate surface area is 224 Å². The molecule has 1 N–H and O–H groups in total. The number of benzene rings is 2. The van der Waals surface area contributed by atoms with Crippen molar-refractivity contribution in [2.24, 2.45) is 5.92 Å². The number of nitrogens with one attached hydrogen (secondary N) is 1. The highest BCUT2D eigenvalue weighted by Gasteiger charge is 2.39. The monoisotopic (exact) mass is 524 g/mol. The van der Waals surface area contributed by atoms with Gasteiger partial charge in [-0.15, -0.1) is 6.58 Å². The average Bonchev–Trinajstić information content (AvgIpc) is 2.86. The second-order valence-electron chi connectivity index (χ2n) is 10.6. The molecule has 2 aromatic carbocycles. The molecule has 204 valence electrons. The van der Waals surface area contributed by atoms with Crippen LogP contribution in [0.4, 0.5) is 24.7 Å². The summed E-state index contributed by atoms with van der Waals surface area (Å²) in [6.45, 7) is 18.9. The zero-order valence-corrected chi connectivity index (χ0v) is 23.7. The van der Waals surface area contributed by atoms with Gasteiger partial charge >= 0.3 is 0 Å². The molecule has 1 unspecified atom stereocenters. The molecular formula is C31H39F3N4. The van der Waals surface area contributed by atoms with Crippen molar-refractivity contribution in [1.29, 1.82) is 0 Å². The van der Waals surface area contributed by atoms with Crippen molar-refractivity contribution in [3.63, 3.8) is 0 Å². The van der Waals surface area contributed by atoms with Gasteiger partial charge in [-0.25, -0.2) is 23.1 Å². The van der Waals surface area contributed by atoms with Gasteiger partial charge in [-0.2, -0.15) is 0 Å². The number of halogens is 3. The highest BCUT2D eigenvalue weighted by molar-refractivity contribution is 5.93. The van der Waals surface area contributed by atoms with E-state index in [9.17, 15) is 8.78 Å². The van der Waals surface area contributed by atoms with Gasteiger partial charge in [-0.1, -0.05) is 57.2 Å². The van der Waals surface area contributed by atoms with Gasteiger partial charge in [0, 0.05) is 42.1 Å². The maximum absolute atomic E-state index is 15.4. The molecule has 3 aromatic rings. The van der Waals surface area contributed by atoms with E-state index in [1.165, 1.54) is 26.0 Å². The highest BCUT2D eigenvalue weighted by atomic mass is 19.3. The van der Waals surface area contributed by atoms with E-state index in [-0.39, 0.29) is 5.56 Å². The van der Waals surface area contributed by atoms with Crippen LogP contribution in [0.3, 0.4) is 0 Å². The third kappa shape index (κ3) is 5.16. The minimum atomic E-state index is -3.28. The topological polar surface area (TPSA) is 41.1 Å². The molecule has 2 atom stereocenters. The highest BCUT2D eigenvalue weighted by Crippen LogP contribution is 2.43. The minimum Gasteiger partial charge on any atom is -0.377 e. The average molecular weight is 525 g/mol. The lowest BCUT2D eigenvalue weighted by atomic mass is 9.74. The number of hydrogen-bond acceptors (Lipinski definition) is 4. The molecule has 0 aliphatic heterocycles. The first-order chi connectivity index (χ1) is 17.7. The Bertz CT molecular complexity index is 1360. The van der Waals surface area contributed by atoms with Crippen LogP contribution in [0.5, 0.6) is 0 Å². The summed E-state index contributed by atoms with van der Waals surface area (Å²) in [7, 11) is 3.92. The van der Waals surface area contributed by atoms with Crippen molar-refractivity contribution in [1.82, 2.24) is 9.97 Å². The van der Waals surface area contributed by atoms with Crippen LogP contribution in [-0.2, 0) is 11.3 Å². The first-order valence-electron chi connectivity index (χ1n) is 12.9. The van der Waals surface area contributed by atoms with Crippen LogP contribution in [0.15, 0.2) is 55.1 Å². The second kappa shape index (κ2) is 10.8. The van der Waals surface area contributed by atoms with E-state index in [0.29, 0.717) is 17.2 Å². The maximum atomic E-state index is 15.4. The number of aryl methyl sites for hydroxylation is 1. The largest absolute Gasteiger partial charge is 0.377 e. The maximum Gasteiger partial charge on any atom is 0.278 e. The zero-order chi connectivity index (χ0) is 28.6. The summed E-state index contributed by atoms with van der Waals surface area (Å²) in [5.74, 6) is -4.18. The van der Waals surface area contributed by atoms with Crippen LogP contribution in [0.1, 0.15) is 69.6 Å². The lowest BCUT2D eigenvalue weighted by molar-refractivity contribution is -0.0545. The lowest BCUT2D eigenvalue weighted by Crippen LogP contribution is -2.25.